The molecule has 1 amide bonds. The molecule has 8 nitrogen and oxygen atoms in total. The fourth-order valence-corrected chi connectivity index (χ4v) is 4.18. The molecular weight excluding hydrogens is 477 g/mol. The second-order valence-electron chi connectivity index (χ2n) is 7.23. The zero-order valence-electron chi connectivity index (χ0n) is 16.8. The molecule has 2 N–H and O–H groups in total. The van der Waals surface area contributed by atoms with Gasteiger partial charge in [-0.15, -0.1) is 12.4 Å². The number of hydrogen-bond acceptors (Lipinski definition) is 5. The first-order valence-corrected chi connectivity index (χ1v) is 10.5. The minimum absolute atomic E-state index is 0. The molecule has 0 unspecified atom stereocenters. The van der Waals surface area contributed by atoms with Crippen LogP contribution in [0, 0.1) is 10.1 Å². The molecule has 0 bridgehead atoms. The van der Waals surface area contributed by atoms with E-state index in [1.165, 1.54) is 18.3 Å². The van der Waals surface area contributed by atoms with E-state index in [2.05, 4.69) is 15.7 Å². The van der Waals surface area contributed by atoms with Gasteiger partial charge in [0, 0.05) is 23.1 Å². The SMILES string of the molecule is Cl.O=C(Nc1ccc(Cl)cc1Cl)c1cnn(-c2ccc([N+](=O)[O-])cc2)c1C1CCNCC1. The summed E-state index contributed by atoms with van der Waals surface area (Å²) < 4.78 is 1.69. The number of nitro benzene ring substituents is 1. The van der Waals surface area contributed by atoms with E-state index in [-0.39, 0.29) is 29.9 Å². The molecule has 1 aliphatic heterocycles. The van der Waals surface area contributed by atoms with Crippen LogP contribution in [-0.4, -0.2) is 33.7 Å². The smallest absolute Gasteiger partial charge is 0.269 e. The van der Waals surface area contributed by atoms with Gasteiger partial charge in [-0.3, -0.25) is 14.9 Å². The third kappa shape index (κ3) is 5.05. The number of carbonyl (C=O) groups is 1. The molecule has 2 aromatic carbocycles. The van der Waals surface area contributed by atoms with Gasteiger partial charge in [0.2, 0.25) is 0 Å². The van der Waals surface area contributed by atoms with Gasteiger partial charge in [-0.25, -0.2) is 4.68 Å². The van der Waals surface area contributed by atoms with Crippen LogP contribution in [0.5, 0.6) is 0 Å². The Labute approximate surface area is 200 Å². The monoisotopic (exact) mass is 495 g/mol. The fourth-order valence-electron chi connectivity index (χ4n) is 3.72. The predicted molar refractivity (Wildman–Crippen MR) is 127 cm³/mol. The minimum Gasteiger partial charge on any atom is -0.321 e. The largest absolute Gasteiger partial charge is 0.321 e. The maximum atomic E-state index is 13.1. The molecule has 1 aliphatic rings. The molecule has 11 heteroatoms. The zero-order chi connectivity index (χ0) is 22.0. The summed E-state index contributed by atoms with van der Waals surface area (Å²) in [5.74, 6) is -0.216. The fraction of sp³-hybridized carbons (Fsp3) is 0.238. The van der Waals surface area contributed by atoms with Gasteiger partial charge in [-0.05, 0) is 56.3 Å². The lowest BCUT2D eigenvalue weighted by Crippen LogP contribution is -2.29. The number of hydrogen-bond donors (Lipinski definition) is 2. The Morgan fingerprint density at radius 2 is 1.84 bits per heavy atom. The van der Waals surface area contributed by atoms with E-state index in [0.29, 0.717) is 27.0 Å². The Morgan fingerprint density at radius 1 is 1.16 bits per heavy atom. The van der Waals surface area contributed by atoms with E-state index < -0.39 is 4.92 Å². The van der Waals surface area contributed by atoms with E-state index in [4.69, 9.17) is 23.2 Å². The standard InChI is InChI=1S/C21H19Cl2N5O3.ClH/c22-14-1-6-19(18(23)11-14)26-21(29)17-12-25-27(20(17)13-7-9-24-10-8-13)15-2-4-16(5-3-15)28(30)31;/h1-6,11-13,24H,7-10H2,(H,26,29);1H. The van der Waals surface area contributed by atoms with Gasteiger partial charge < -0.3 is 10.6 Å². The van der Waals surface area contributed by atoms with Gasteiger partial charge in [0.05, 0.1) is 38.8 Å². The van der Waals surface area contributed by atoms with Crippen LogP contribution in [0.25, 0.3) is 5.69 Å². The third-order valence-electron chi connectivity index (χ3n) is 5.26. The normalized spacial score (nSPS) is 13.9. The number of halogens is 3. The molecule has 2 heterocycles. The number of nitro groups is 1. The number of amides is 1. The summed E-state index contributed by atoms with van der Waals surface area (Å²) in [6.07, 6.45) is 3.22. The number of carbonyl (C=O) groups excluding carboxylic acids is 1. The number of nitrogens with one attached hydrogen (secondary N) is 2. The Balaban J connectivity index is 0.00000289. The first-order valence-electron chi connectivity index (χ1n) is 9.74. The molecule has 0 saturated carbocycles. The molecule has 168 valence electrons. The summed E-state index contributed by atoms with van der Waals surface area (Å²) in [6.45, 7) is 1.67. The molecule has 1 aromatic heterocycles. The van der Waals surface area contributed by atoms with Crippen LogP contribution in [-0.2, 0) is 0 Å². The van der Waals surface area contributed by atoms with E-state index in [9.17, 15) is 14.9 Å². The number of benzene rings is 2. The number of aromatic nitrogens is 2. The first-order chi connectivity index (χ1) is 14.9. The summed E-state index contributed by atoms with van der Waals surface area (Å²) in [5.41, 5.74) is 2.32. The summed E-state index contributed by atoms with van der Waals surface area (Å²) in [7, 11) is 0. The number of rotatable bonds is 5. The first kappa shape index (κ1) is 24.0. The summed E-state index contributed by atoms with van der Waals surface area (Å²) in [4.78, 5) is 23.7. The van der Waals surface area contributed by atoms with E-state index >= 15 is 0 Å². The zero-order valence-corrected chi connectivity index (χ0v) is 19.1. The van der Waals surface area contributed by atoms with Crippen LogP contribution >= 0.6 is 35.6 Å². The highest BCUT2D eigenvalue weighted by molar-refractivity contribution is 6.36. The van der Waals surface area contributed by atoms with Crippen LogP contribution in [0.3, 0.4) is 0 Å². The van der Waals surface area contributed by atoms with Crippen molar-refractivity contribution in [3.05, 3.63) is 80.1 Å². The van der Waals surface area contributed by atoms with Crippen molar-refractivity contribution in [3.63, 3.8) is 0 Å². The average molecular weight is 497 g/mol. The minimum atomic E-state index is -0.449. The maximum Gasteiger partial charge on any atom is 0.269 e. The van der Waals surface area contributed by atoms with E-state index in [0.717, 1.165) is 31.6 Å². The second-order valence-corrected chi connectivity index (χ2v) is 8.07. The van der Waals surface area contributed by atoms with Crippen molar-refractivity contribution in [2.24, 2.45) is 0 Å². The maximum absolute atomic E-state index is 13.1. The van der Waals surface area contributed by atoms with Crippen LogP contribution in [0.2, 0.25) is 10.0 Å². The van der Waals surface area contributed by atoms with Crippen molar-refractivity contribution in [1.82, 2.24) is 15.1 Å². The molecule has 32 heavy (non-hydrogen) atoms. The summed E-state index contributed by atoms with van der Waals surface area (Å²) in [5, 5.41) is 22.4. The third-order valence-corrected chi connectivity index (χ3v) is 5.81. The molecule has 0 aliphatic carbocycles. The lowest BCUT2D eigenvalue weighted by Gasteiger charge is -2.24. The molecule has 0 spiro atoms. The van der Waals surface area contributed by atoms with Crippen LogP contribution in [0.15, 0.2) is 48.7 Å². The molecule has 3 aromatic rings. The van der Waals surface area contributed by atoms with Gasteiger partial charge in [-0.2, -0.15) is 5.10 Å². The van der Waals surface area contributed by atoms with Crippen molar-refractivity contribution in [2.75, 3.05) is 18.4 Å². The quantitative estimate of drug-likeness (QED) is 0.372. The number of non-ortho nitro benzene ring substituents is 1. The van der Waals surface area contributed by atoms with Gasteiger partial charge in [0.1, 0.15) is 0 Å². The number of anilines is 1. The van der Waals surface area contributed by atoms with Crippen LogP contribution < -0.4 is 10.6 Å². The Kier molecular flexibility index (Phi) is 7.73. The van der Waals surface area contributed by atoms with Crippen LogP contribution in [0.4, 0.5) is 11.4 Å². The Bertz CT molecular complexity index is 1130. The number of nitrogens with zero attached hydrogens (tertiary/aromatic N) is 3. The summed E-state index contributed by atoms with van der Waals surface area (Å²) in [6, 6.07) is 11.0. The highest BCUT2D eigenvalue weighted by Crippen LogP contribution is 2.32. The van der Waals surface area contributed by atoms with E-state index in [1.54, 1.807) is 35.0 Å². The van der Waals surface area contributed by atoms with Crippen molar-refractivity contribution in [1.29, 1.82) is 0 Å². The lowest BCUT2D eigenvalue weighted by atomic mass is 9.91. The van der Waals surface area contributed by atoms with Crippen molar-refractivity contribution in [2.45, 2.75) is 18.8 Å². The second kappa shape index (κ2) is 10.3. The molecule has 1 saturated heterocycles. The summed E-state index contributed by atoms with van der Waals surface area (Å²) >= 11 is 12.1. The van der Waals surface area contributed by atoms with Gasteiger partial charge in [0.15, 0.2) is 0 Å². The molecule has 1 fully saturated rings. The van der Waals surface area contributed by atoms with Crippen molar-refractivity contribution >= 4 is 52.9 Å². The molecular formula is C21H20Cl3N5O3. The van der Waals surface area contributed by atoms with Crippen molar-refractivity contribution < 1.29 is 9.72 Å². The van der Waals surface area contributed by atoms with Gasteiger partial charge in [-0.1, -0.05) is 23.2 Å². The number of piperidine rings is 1. The average Bonchev–Trinajstić information content (AvgIpc) is 3.21. The highest BCUT2D eigenvalue weighted by Gasteiger charge is 2.27. The Hall–Kier alpha value is -2.65. The molecule has 4 rings (SSSR count). The topological polar surface area (TPSA) is 102 Å². The van der Waals surface area contributed by atoms with Crippen LogP contribution in [0.1, 0.15) is 34.8 Å². The lowest BCUT2D eigenvalue weighted by molar-refractivity contribution is -0.384. The Morgan fingerprint density at radius 3 is 2.47 bits per heavy atom. The van der Waals surface area contributed by atoms with Crippen molar-refractivity contribution in [3.8, 4) is 5.69 Å². The predicted octanol–water partition coefficient (Wildman–Crippen LogP) is 5.23. The van der Waals surface area contributed by atoms with Gasteiger partial charge in [0.25, 0.3) is 11.6 Å². The van der Waals surface area contributed by atoms with Gasteiger partial charge >= 0.3 is 0 Å². The van der Waals surface area contributed by atoms with E-state index in [1.807, 2.05) is 0 Å². The molecule has 0 radical (unpaired) electrons. The molecule has 0 atom stereocenters. The highest BCUT2D eigenvalue weighted by atomic mass is 35.5.